The largest absolute Gasteiger partial charge is 0.391 e. The van der Waals surface area contributed by atoms with Crippen molar-refractivity contribution in [2.75, 3.05) is 18.4 Å². The number of alkyl halides is 2. The lowest BCUT2D eigenvalue weighted by Gasteiger charge is -2.43. The summed E-state index contributed by atoms with van der Waals surface area (Å²) in [4.78, 5) is 0. The molecule has 6 N–H and O–H groups in total. The maximum atomic E-state index is 10.1. The van der Waals surface area contributed by atoms with E-state index < -0.39 is 61.4 Å². The minimum Gasteiger partial charge on any atom is -0.391 e. The summed E-state index contributed by atoms with van der Waals surface area (Å²) in [7, 11) is 0. The molecule has 0 unspecified atom stereocenters. The van der Waals surface area contributed by atoms with Crippen LogP contribution in [0.2, 0.25) is 0 Å². The molecule has 0 aromatic carbocycles. The maximum absolute atomic E-state index is 10.1. The van der Waals surface area contributed by atoms with Gasteiger partial charge in [0.2, 0.25) is 5.79 Å². The Morgan fingerprint density at radius 3 is 1.96 bits per heavy atom. The number of halogens is 2. The summed E-state index contributed by atoms with van der Waals surface area (Å²) >= 11 is 11.2. The van der Waals surface area contributed by atoms with Gasteiger partial charge in [0.25, 0.3) is 0 Å². The molecule has 11 heteroatoms. The molecule has 0 amide bonds. The second-order valence-electron chi connectivity index (χ2n) is 5.50. The fraction of sp³-hybridized carbons (Fsp3) is 1.00. The summed E-state index contributed by atoms with van der Waals surface area (Å²) in [6.45, 7) is -0.880. The van der Waals surface area contributed by atoms with E-state index in [2.05, 4.69) is 0 Å². The van der Waals surface area contributed by atoms with Gasteiger partial charge in [0.15, 0.2) is 6.29 Å². The number of ether oxygens (including phenoxy) is 3. The van der Waals surface area contributed by atoms with Crippen molar-refractivity contribution in [1.29, 1.82) is 0 Å². The Bertz CT molecular complexity index is 401. The van der Waals surface area contributed by atoms with Crippen molar-refractivity contribution < 1.29 is 44.8 Å². The van der Waals surface area contributed by atoms with E-state index in [0.717, 1.165) is 0 Å². The zero-order valence-corrected chi connectivity index (χ0v) is 13.4. The van der Waals surface area contributed by atoms with E-state index in [1.165, 1.54) is 0 Å². The topological polar surface area (TPSA) is 149 Å². The Labute approximate surface area is 141 Å². The Balaban J connectivity index is 2.18. The molecule has 0 saturated carbocycles. The van der Waals surface area contributed by atoms with Crippen LogP contribution in [0.25, 0.3) is 0 Å². The van der Waals surface area contributed by atoms with Crippen LogP contribution in [0.3, 0.4) is 0 Å². The average Bonchev–Trinajstić information content (AvgIpc) is 2.80. The molecule has 0 aliphatic carbocycles. The van der Waals surface area contributed by atoms with Crippen LogP contribution < -0.4 is 0 Å². The minimum absolute atomic E-state index is 0.178. The molecular weight excluding hydrogens is 359 g/mol. The van der Waals surface area contributed by atoms with E-state index in [9.17, 15) is 30.6 Å². The van der Waals surface area contributed by atoms with E-state index in [0.29, 0.717) is 0 Å². The summed E-state index contributed by atoms with van der Waals surface area (Å²) < 4.78 is 15.8. The zero-order valence-electron chi connectivity index (χ0n) is 11.9. The smallest absolute Gasteiger partial charge is 0.224 e. The maximum Gasteiger partial charge on any atom is 0.224 e. The molecule has 0 spiro atoms. The summed E-state index contributed by atoms with van der Waals surface area (Å²) in [6.07, 6.45) is -11.5. The lowest BCUT2D eigenvalue weighted by atomic mass is 9.99. The van der Waals surface area contributed by atoms with Crippen molar-refractivity contribution in [3.8, 4) is 0 Å². The Morgan fingerprint density at radius 1 is 0.870 bits per heavy atom. The molecular formula is C12H20Cl2O9. The number of hydrogen-bond donors (Lipinski definition) is 6. The Kier molecular flexibility index (Phi) is 6.48. The van der Waals surface area contributed by atoms with Gasteiger partial charge < -0.3 is 44.8 Å². The predicted octanol–water partition coefficient (Wildman–Crippen LogP) is -2.90. The number of aliphatic hydroxyl groups excluding tert-OH is 6. The highest BCUT2D eigenvalue weighted by atomic mass is 35.5. The van der Waals surface area contributed by atoms with E-state index in [-0.39, 0.29) is 11.8 Å². The minimum atomic E-state index is -2.11. The first-order chi connectivity index (χ1) is 10.8. The van der Waals surface area contributed by atoms with Gasteiger partial charge in [0.05, 0.1) is 11.8 Å². The van der Waals surface area contributed by atoms with E-state index in [4.69, 9.17) is 37.4 Å². The number of rotatable bonds is 5. The summed E-state index contributed by atoms with van der Waals surface area (Å²) in [5.41, 5.74) is 0. The molecule has 23 heavy (non-hydrogen) atoms. The van der Waals surface area contributed by atoms with Crippen LogP contribution in [-0.2, 0) is 14.2 Å². The molecule has 0 radical (unpaired) electrons. The molecule has 0 bridgehead atoms. The first-order valence-corrected chi connectivity index (χ1v) is 8.02. The van der Waals surface area contributed by atoms with Crippen LogP contribution in [0.1, 0.15) is 0 Å². The first kappa shape index (κ1) is 19.5. The van der Waals surface area contributed by atoms with E-state index in [1.54, 1.807) is 0 Å². The third kappa shape index (κ3) is 3.46. The van der Waals surface area contributed by atoms with Crippen LogP contribution in [0.5, 0.6) is 0 Å². The molecule has 0 aromatic heterocycles. The van der Waals surface area contributed by atoms with Gasteiger partial charge in [-0.3, -0.25) is 0 Å². The Morgan fingerprint density at radius 2 is 1.48 bits per heavy atom. The molecule has 2 heterocycles. The molecule has 2 aliphatic rings. The number of hydrogen-bond acceptors (Lipinski definition) is 9. The Hall–Kier alpha value is 0.220. The van der Waals surface area contributed by atoms with Gasteiger partial charge in [-0.1, -0.05) is 0 Å². The van der Waals surface area contributed by atoms with Gasteiger partial charge in [-0.2, -0.15) is 0 Å². The first-order valence-electron chi connectivity index (χ1n) is 6.95. The fourth-order valence-electron chi connectivity index (χ4n) is 2.59. The molecule has 2 rings (SSSR count). The predicted molar refractivity (Wildman–Crippen MR) is 75.9 cm³/mol. The molecule has 9 nitrogen and oxygen atoms in total. The highest BCUT2D eigenvalue weighted by molar-refractivity contribution is 6.18. The normalized spacial score (nSPS) is 51.1. The van der Waals surface area contributed by atoms with Crippen LogP contribution in [-0.4, -0.2) is 104 Å². The van der Waals surface area contributed by atoms with Crippen molar-refractivity contribution in [2.45, 2.75) is 54.8 Å². The summed E-state index contributed by atoms with van der Waals surface area (Å²) in [5, 5.41) is 58.9. The second-order valence-corrected chi connectivity index (χ2v) is 6.12. The van der Waals surface area contributed by atoms with Crippen LogP contribution in [0.15, 0.2) is 0 Å². The van der Waals surface area contributed by atoms with Gasteiger partial charge in [-0.05, 0) is 0 Å². The van der Waals surface area contributed by atoms with Crippen molar-refractivity contribution in [3.05, 3.63) is 0 Å². The van der Waals surface area contributed by atoms with E-state index >= 15 is 0 Å². The number of aliphatic hydroxyl groups is 6. The van der Waals surface area contributed by atoms with Gasteiger partial charge in [-0.15, -0.1) is 23.2 Å². The van der Waals surface area contributed by atoms with Gasteiger partial charge in [0, 0.05) is 0 Å². The van der Waals surface area contributed by atoms with Crippen LogP contribution >= 0.6 is 23.2 Å². The summed E-state index contributed by atoms with van der Waals surface area (Å²) in [5.74, 6) is -2.49. The molecule has 2 saturated heterocycles. The third-order valence-corrected chi connectivity index (χ3v) is 4.62. The highest BCUT2D eigenvalue weighted by Crippen LogP contribution is 2.36. The monoisotopic (exact) mass is 378 g/mol. The van der Waals surface area contributed by atoms with E-state index in [1.807, 2.05) is 0 Å². The lowest BCUT2D eigenvalue weighted by molar-refractivity contribution is -0.379. The molecule has 2 fully saturated rings. The molecule has 136 valence electrons. The van der Waals surface area contributed by atoms with Crippen molar-refractivity contribution in [3.63, 3.8) is 0 Å². The third-order valence-electron chi connectivity index (χ3n) is 4.01. The SMILES string of the molecule is OC[C@@]1(O[C@H]2O[C@H](CCl)[C@H](O)[C@H](O)[C@H]2O)O[C@H](CCl)[C@@H](O)[C@@H]1O. The van der Waals surface area contributed by atoms with Crippen LogP contribution in [0, 0.1) is 0 Å². The van der Waals surface area contributed by atoms with Gasteiger partial charge in [0.1, 0.15) is 49.3 Å². The van der Waals surface area contributed by atoms with Crippen molar-refractivity contribution in [2.24, 2.45) is 0 Å². The molecule has 9 atom stereocenters. The van der Waals surface area contributed by atoms with Gasteiger partial charge >= 0.3 is 0 Å². The van der Waals surface area contributed by atoms with Crippen molar-refractivity contribution in [1.82, 2.24) is 0 Å². The standard InChI is InChI=1S/C12H20Cl2O9/c13-1-4-6(16)8(18)9(19)11(21-4)23-12(3-15)10(20)7(17)5(2-14)22-12/h4-11,15-20H,1-3H2/t4-,5-,6+,7-,8+,9-,10+,11-,12+/m1/s1. The zero-order chi connectivity index (χ0) is 17.4. The quantitative estimate of drug-likeness (QED) is 0.277. The van der Waals surface area contributed by atoms with Crippen molar-refractivity contribution >= 4 is 23.2 Å². The van der Waals surface area contributed by atoms with Crippen LogP contribution in [0.4, 0.5) is 0 Å². The second kappa shape index (κ2) is 7.63. The fourth-order valence-corrected chi connectivity index (χ4v) is 3.09. The molecule has 2 aliphatic heterocycles. The lowest BCUT2D eigenvalue weighted by Crippen LogP contribution is -2.62. The highest BCUT2D eigenvalue weighted by Gasteiger charge is 2.58. The average molecular weight is 379 g/mol. The molecule has 0 aromatic rings. The summed E-state index contributed by atoms with van der Waals surface area (Å²) in [6, 6.07) is 0. The van der Waals surface area contributed by atoms with Gasteiger partial charge in [-0.25, -0.2) is 0 Å².